The van der Waals surface area contributed by atoms with Crippen LogP contribution in [0.5, 0.6) is 0 Å². The summed E-state index contributed by atoms with van der Waals surface area (Å²) >= 11 is 0. The fraction of sp³-hybridized carbons (Fsp3) is 0.214. The molecule has 6 nitrogen and oxygen atoms in total. The first kappa shape index (κ1) is 21.8. The molecule has 0 N–H and O–H groups in total. The summed E-state index contributed by atoms with van der Waals surface area (Å²) in [6.07, 6.45) is 3.13. The Hall–Kier alpha value is -4.06. The lowest BCUT2D eigenvalue weighted by molar-refractivity contribution is 0.768. The highest BCUT2D eigenvalue weighted by Crippen LogP contribution is 2.18. The van der Waals surface area contributed by atoms with Crippen LogP contribution in [0.25, 0.3) is 33.2 Å². The van der Waals surface area contributed by atoms with Gasteiger partial charge in [-0.05, 0) is 61.4 Å². The first-order chi connectivity index (χ1) is 16.6. The average Bonchev–Trinajstić information content (AvgIpc) is 2.85. The minimum absolute atomic E-state index is 0.0852. The zero-order valence-corrected chi connectivity index (χ0v) is 19.4. The van der Waals surface area contributed by atoms with Gasteiger partial charge in [0.2, 0.25) is 0 Å². The smallest absolute Gasteiger partial charge is 0.265 e. The van der Waals surface area contributed by atoms with Gasteiger partial charge in [0.1, 0.15) is 11.6 Å². The van der Waals surface area contributed by atoms with Crippen molar-refractivity contribution in [1.29, 1.82) is 0 Å². The van der Waals surface area contributed by atoms with E-state index in [1.807, 2.05) is 72.8 Å². The maximum atomic E-state index is 13.4. The molecule has 5 rings (SSSR count). The van der Waals surface area contributed by atoms with Gasteiger partial charge in [-0.2, -0.15) is 0 Å². The van der Waals surface area contributed by atoms with Crippen LogP contribution in [0, 0.1) is 0 Å². The third-order valence-electron chi connectivity index (χ3n) is 6.00. The number of benzene rings is 3. The van der Waals surface area contributed by atoms with Gasteiger partial charge >= 0.3 is 0 Å². The van der Waals surface area contributed by atoms with Crippen LogP contribution in [-0.4, -0.2) is 19.1 Å². The number of hydrogen-bond acceptors (Lipinski definition) is 4. The van der Waals surface area contributed by atoms with Crippen molar-refractivity contribution < 1.29 is 0 Å². The van der Waals surface area contributed by atoms with E-state index in [1.54, 1.807) is 9.13 Å². The van der Waals surface area contributed by atoms with E-state index in [1.165, 1.54) is 0 Å². The van der Waals surface area contributed by atoms with Crippen molar-refractivity contribution in [2.45, 2.75) is 39.5 Å². The Labute approximate surface area is 197 Å². The Morgan fingerprint density at radius 2 is 0.971 bits per heavy atom. The molecule has 170 valence electrons. The molecule has 2 aromatic heterocycles. The number of nitrogens with zero attached hydrogens (tertiary/aromatic N) is 4. The molecule has 0 spiro atoms. The summed E-state index contributed by atoms with van der Waals surface area (Å²) in [5.74, 6) is 1.46. The minimum Gasteiger partial charge on any atom is -0.268 e. The normalized spacial score (nSPS) is 11.4. The summed E-state index contributed by atoms with van der Waals surface area (Å²) in [5, 5.41) is 1.18. The highest BCUT2D eigenvalue weighted by molar-refractivity contribution is 5.78. The van der Waals surface area contributed by atoms with Gasteiger partial charge in [-0.15, -0.1) is 0 Å². The lowest BCUT2D eigenvalue weighted by atomic mass is 10.2. The van der Waals surface area contributed by atoms with Crippen molar-refractivity contribution in [3.05, 3.63) is 105 Å². The van der Waals surface area contributed by atoms with Gasteiger partial charge in [0, 0.05) is 12.8 Å². The van der Waals surface area contributed by atoms with Crippen molar-refractivity contribution in [3.8, 4) is 11.4 Å². The Bertz CT molecular complexity index is 1490. The van der Waals surface area contributed by atoms with Crippen molar-refractivity contribution >= 4 is 21.8 Å². The molecule has 0 aliphatic heterocycles. The Morgan fingerprint density at radius 3 is 1.35 bits per heavy atom. The second-order valence-electron chi connectivity index (χ2n) is 8.39. The fourth-order valence-corrected chi connectivity index (χ4v) is 4.42. The number of hydrogen-bond donors (Lipinski definition) is 0. The Kier molecular flexibility index (Phi) is 5.80. The monoisotopic (exact) mass is 450 g/mol. The highest BCUT2D eigenvalue weighted by Gasteiger charge is 2.15. The topological polar surface area (TPSA) is 69.8 Å². The molecule has 0 aliphatic carbocycles. The van der Waals surface area contributed by atoms with Crippen LogP contribution in [0.3, 0.4) is 0 Å². The quantitative estimate of drug-likeness (QED) is 0.365. The molecule has 5 aromatic rings. The van der Waals surface area contributed by atoms with Gasteiger partial charge in [0.15, 0.2) is 0 Å². The van der Waals surface area contributed by atoms with Crippen LogP contribution in [0.1, 0.15) is 38.3 Å². The standard InChI is InChI=1S/C28H26N4O2/c1-3-9-25-29-23-13-7-5-11-21(23)27(33)31(25)19-15-17-20(18-16-19)32-26(10-4-2)30-24-14-8-6-12-22(24)28(32)34/h5-8,11-18H,3-4,9-10H2,1-2H3. The van der Waals surface area contributed by atoms with Crippen molar-refractivity contribution in [3.63, 3.8) is 0 Å². The van der Waals surface area contributed by atoms with Crippen molar-refractivity contribution in [2.75, 3.05) is 0 Å². The molecule has 6 heteroatoms. The molecule has 0 amide bonds. The molecule has 34 heavy (non-hydrogen) atoms. The van der Waals surface area contributed by atoms with E-state index in [9.17, 15) is 9.59 Å². The molecule has 0 bridgehead atoms. The molecule has 0 saturated heterocycles. The van der Waals surface area contributed by atoms with Gasteiger partial charge in [0.05, 0.1) is 33.2 Å². The summed E-state index contributed by atoms with van der Waals surface area (Å²) < 4.78 is 3.37. The molecule has 0 radical (unpaired) electrons. The molecule has 3 aromatic carbocycles. The van der Waals surface area contributed by atoms with Crippen LogP contribution in [0.2, 0.25) is 0 Å². The largest absolute Gasteiger partial charge is 0.268 e. The third-order valence-corrected chi connectivity index (χ3v) is 6.00. The van der Waals surface area contributed by atoms with Crippen LogP contribution in [0.15, 0.2) is 82.4 Å². The molecule has 0 saturated carbocycles. The van der Waals surface area contributed by atoms with E-state index in [-0.39, 0.29) is 11.1 Å². The maximum Gasteiger partial charge on any atom is 0.265 e. The third kappa shape index (κ3) is 3.71. The van der Waals surface area contributed by atoms with Crippen LogP contribution < -0.4 is 11.1 Å². The number of para-hydroxylation sites is 2. The molecule has 2 heterocycles. The summed E-state index contributed by atoms with van der Waals surface area (Å²) in [6.45, 7) is 4.15. The average molecular weight is 451 g/mol. The summed E-state index contributed by atoms with van der Waals surface area (Å²) in [4.78, 5) is 36.3. The Morgan fingerprint density at radius 1 is 0.588 bits per heavy atom. The summed E-state index contributed by atoms with van der Waals surface area (Å²) in [5.41, 5.74) is 2.71. The van der Waals surface area contributed by atoms with Gasteiger partial charge in [-0.1, -0.05) is 38.1 Å². The lowest BCUT2D eigenvalue weighted by Gasteiger charge is -2.16. The zero-order chi connectivity index (χ0) is 23.7. The predicted molar refractivity (Wildman–Crippen MR) is 136 cm³/mol. The van der Waals surface area contributed by atoms with Gasteiger partial charge in [0.25, 0.3) is 11.1 Å². The van der Waals surface area contributed by atoms with Crippen molar-refractivity contribution in [2.24, 2.45) is 0 Å². The number of fused-ring (bicyclic) bond motifs is 2. The maximum absolute atomic E-state index is 13.4. The first-order valence-corrected chi connectivity index (χ1v) is 11.7. The fourth-order valence-electron chi connectivity index (χ4n) is 4.42. The summed E-state index contributed by atoms with van der Waals surface area (Å²) in [7, 11) is 0. The molecule has 0 atom stereocenters. The van der Waals surface area contributed by atoms with Crippen LogP contribution >= 0.6 is 0 Å². The van der Waals surface area contributed by atoms with E-state index in [4.69, 9.17) is 9.97 Å². The van der Waals surface area contributed by atoms with E-state index in [2.05, 4.69) is 13.8 Å². The number of aromatic nitrogens is 4. The highest BCUT2D eigenvalue weighted by atomic mass is 16.1. The summed E-state index contributed by atoms with van der Waals surface area (Å²) in [6, 6.07) is 22.4. The Balaban J connectivity index is 1.68. The van der Waals surface area contributed by atoms with E-state index in [0.717, 1.165) is 35.9 Å². The molecule has 0 unspecified atom stereocenters. The van der Waals surface area contributed by atoms with Crippen LogP contribution in [-0.2, 0) is 12.8 Å². The van der Waals surface area contributed by atoms with Gasteiger partial charge in [-0.25, -0.2) is 9.97 Å². The molecular formula is C28H26N4O2. The van der Waals surface area contributed by atoms with E-state index in [0.29, 0.717) is 34.6 Å². The van der Waals surface area contributed by atoms with Crippen molar-refractivity contribution in [1.82, 2.24) is 19.1 Å². The van der Waals surface area contributed by atoms with E-state index >= 15 is 0 Å². The lowest BCUT2D eigenvalue weighted by Crippen LogP contribution is -2.25. The SMILES string of the molecule is CCCc1nc2ccccc2c(=O)n1-c1ccc(-n2c(CCC)nc3ccccc3c2=O)cc1. The molecular weight excluding hydrogens is 424 g/mol. The molecule has 0 fully saturated rings. The van der Waals surface area contributed by atoms with Crippen LogP contribution in [0.4, 0.5) is 0 Å². The predicted octanol–water partition coefficient (Wildman–Crippen LogP) is 4.99. The number of aryl methyl sites for hydroxylation is 2. The van der Waals surface area contributed by atoms with Gasteiger partial charge in [-0.3, -0.25) is 18.7 Å². The second-order valence-corrected chi connectivity index (χ2v) is 8.39. The van der Waals surface area contributed by atoms with E-state index < -0.39 is 0 Å². The zero-order valence-electron chi connectivity index (χ0n) is 19.4. The minimum atomic E-state index is -0.0852. The van der Waals surface area contributed by atoms with Gasteiger partial charge < -0.3 is 0 Å². The number of rotatable bonds is 6. The second kappa shape index (κ2) is 9.06. The molecule has 0 aliphatic rings. The first-order valence-electron chi connectivity index (χ1n) is 11.7.